The van der Waals surface area contributed by atoms with Crippen LogP contribution in [0.5, 0.6) is 0 Å². The van der Waals surface area contributed by atoms with E-state index in [4.69, 9.17) is 4.74 Å². The van der Waals surface area contributed by atoms with Crippen LogP contribution in [0.25, 0.3) is 0 Å². The summed E-state index contributed by atoms with van der Waals surface area (Å²) in [6, 6.07) is 14.4. The summed E-state index contributed by atoms with van der Waals surface area (Å²) in [4.78, 5) is 61.9. The van der Waals surface area contributed by atoms with E-state index in [0.29, 0.717) is 18.5 Å². The Morgan fingerprint density at radius 2 is 1.51 bits per heavy atom. The van der Waals surface area contributed by atoms with Crippen LogP contribution in [-0.2, 0) is 9.53 Å². The molecule has 0 bridgehead atoms. The number of benzene rings is 1. The zero-order valence-corrected chi connectivity index (χ0v) is 22.5. The van der Waals surface area contributed by atoms with Crippen molar-refractivity contribution in [2.75, 3.05) is 42.5 Å². The summed E-state index contributed by atoms with van der Waals surface area (Å²) in [5.41, 5.74) is 0.964. The number of carbonyl (C=O) groups excluding carboxylic acids is 4. The van der Waals surface area contributed by atoms with Crippen LogP contribution < -0.4 is 9.80 Å². The van der Waals surface area contributed by atoms with Crippen LogP contribution in [0, 0.1) is 5.82 Å². The van der Waals surface area contributed by atoms with Crippen molar-refractivity contribution in [1.82, 2.24) is 20.0 Å². The summed E-state index contributed by atoms with van der Waals surface area (Å²) >= 11 is 0. The average molecular weight is 561 g/mol. The molecule has 0 radical (unpaired) electrons. The number of hydrogen-bond acceptors (Lipinski definition) is 8. The monoisotopic (exact) mass is 560 g/mol. The molecule has 1 atom stereocenters. The van der Waals surface area contributed by atoms with Gasteiger partial charge in [-0.2, -0.15) is 0 Å². The minimum Gasteiger partial charge on any atom is -0.444 e. The first-order valence-corrected chi connectivity index (χ1v) is 13.3. The van der Waals surface area contributed by atoms with Gasteiger partial charge < -0.3 is 14.4 Å². The molecule has 2 aliphatic heterocycles. The number of anilines is 2. The molecule has 0 aliphatic carbocycles. The minimum atomic E-state index is -0.590. The molecule has 2 saturated heterocycles. The third kappa shape index (κ3) is 6.16. The van der Waals surface area contributed by atoms with Crippen molar-refractivity contribution in [1.29, 1.82) is 0 Å². The van der Waals surface area contributed by atoms with Crippen LogP contribution >= 0.6 is 0 Å². The molecule has 1 aromatic carbocycles. The van der Waals surface area contributed by atoms with Crippen molar-refractivity contribution in [3.63, 3.8) is 0 Å². The number of halogens is 1. The Kier molecular flexibility index (Phi) is 8.18. The third-order valence-corrected chi connectivity index (χ3v) is 6.97. The average Bonchev–Trinajstić information content (AvgIpc) is 3.22. The number of hydrogen-bond donors (Lipinski definition) is 0. The van der Waals surface area contributed by atoms with Gasteiger partial charge in [-0.3, -0.25) is 24.5 Å². The maximum Gasteiger partial charge on any atom is 0.414 e. The van der Waals surface area contributed by atoms with E-state index in [1.807, 2.05) is 0 Å². The van der Waals surface area contributed by atoms with Crippen molar-refractivity contribution in [2.45, 2.75) is 25.9 Å². The molecule has 2 aliphatic rings. The van der Waals surface area contributed by atoms with Crippen LogP contribution in [0.3, 0.4) is 0 Å². The number of cyclic esters (lactones) is 1. The molecular weight excluding hydrogens is 531 g/mol. The van der Waals surface area contributed by atoms with Gasteiger partial charge in [-0.15, -0.1) is 0 Å². The summed E-state index contributed by atoms with van der Waals surface area (Å²) in [6.45, 7) is 2.35. The van der Waals surface area contributed by atoms with Gasteiger partial charge in [0.25, 0.3) is 11.8 Å². The molecule has 11 nitrogen and oxygen atoms in total. The lowest BCUT2D eigenvalue weighted by Gasteiger charge is -2.32. The molecule has 2 fully saturated rings. The number of hydrazine groups is 1. The van der Waals surface area contributed by atoms with E-state index in [9.17, 15) is 19.2 Å². The van der Waals surface area contributed by atoms with Crippen molar-refractivity contribution in [2.24, 2.45) is 0 Å². The van der Waals surface area contributed by atoms with Crippen LogP contribution in [0.2, 0.25) is 0 Å². The smallest absolute Gasteiger partial charge is 0.414 e. The molecule has 41 heavy (non-hydrogen) atoms. The van der Waals surface area contributed by atoms with Gasteiger partial charge in [-0.1, -0.05) is 12.1 Å². The maximum absolute atomic E-state index is 15.5. The Hall–Kier alpha value is -4.87. The Labute approximate surface area is 236 Å². The van der Waals surface area contributed by atoms with E-state index in [-0.39, 0.29) is 55.6 Å². The molecule has 0 unspecified atom stereocenters. The number of nitrogens with zero attached hydrogens (tertiary/aromatic N) is 6. The normalized spacial score (nSPS) is 17.3. The number of ether oxygens (including phenoxy) is 1. The SMILES string of the molecule is CC(=O)CC[C@H]1CN(c2ccc(N3CCN(C(=O)c4ccccn4)N(C(=O)c4ccccn4)CC3)c(F)c2)C(=O)O1. The first-order chi connectivity index (χ1) is 19.8. The fourth-order valence-electron chi connectivity index (χ4n) is 4.86. The lowest BCUT2D eigenvalue weighted by Crippen LogP contribution is -2.50. The molecule has 0 saturated carbocycles. The number of rotatable bonds is 7. The van der Waals surface area contributed by atoms with Gasteiger partial charge in [0.2, 0.25) is 0 Å². The maximum atomic E-state index is 15.5. The number of amides is 3. The Balaban J connectivity index is 1.35. The van der Waals surface area contributed by atoms with E-state index < -0.39 is 29.8 Å². The molecular formula is C29H29FN6O5. The zero-order chi connectivity index (χ0) is 28.9. The quantitative estimate of drug-likeness (QED) is 0.432. The summed E-state index contributed by atoms with van der Waals surface area (Å²) in [6.07, 6.45) is 2.68. The van der Waals surface area contributed by atoms with Crippen LogP contribution in [0.1, 0.15) is 40.7 Å². The van der Waals surface area contributed by atoms with E-state index in [0.717, 1.165) is 0 Å². The molecule has 0 spiro atoms. The molecule has 5 rings (SSSR count). The van der Waals surface area contributed by atoms with Crippen molar-refractivity contribution >= 4 is 35.1 Å². The van der Waals surface area contributed by atoms with E-state index in [1.165, 1.54) is 40.3 Å². The number of ketones is 1. The van der Waals surface area contributed by atoms with Gasteiger partial charge in [0.05, 0.1) is 31.0 Å². The van der Waals surface area contributed by atoms with Crippen molar-refractivity contribution in [3.8, 4) is 0 Å². The van der Waals surface area contributed by atoms with Gasteiger partial charge >= 0.3 is 6.09 Å². The van der Waals surface area contributed by atoms with E-state index >= 15 is 4.39 Å². The summed E-state index contributed by atoms with van der Waals surface area (Å²) in [5, 5.41) is 2.65. The highest BCUT2D eigenvalue weighted by Gasteiger charge is 2.34. The lowest BCUT2D eigenvalue weighted by molar-refractivity contribution is -0.117. The van der Waals surface area contributed by atoms with Crippen LogP contribution in [0.4, 0.5) is 20.6 Å². The van der Waals surface area contributed by atoms with Gasteiger partial charge in [0, 0.05) is 31.9 Å². The molecule has 3 amide bonds. The van der Waals surface area contributed by atoms with Gasteiger partial charge in [-0.05, 0) is 55.8 Å². The molecule has 4 heterocycles. The highest BCUT2D eigenvalue weighted by Crippen LogP contribution is 2.29. The number of carbonyl (C=O) groups is 4. The summed E-state index contributed by atoms with van der Waals surface area (Å²) < 4.78 is 20.8. The van der Waals surface area contributed by atoms with Crippen LogP contribution in [0.15, 0.2) is 67.0 Å². The first-order valence-electron chi connectivity index (χ1n) is 13.3. The standard InChI is InChI=1S/C29H29FN6O5/c1-20(37)8-10-22-19-34(29(40)41-22)21-9-11-26(23(30)18-21)33-14-16-35(27(38)24-6-2-4-12-31-24)36(17-15-33)28(39)25-7-3-5-13-32-25/h2-7,9,11-13,18,22H,8,10,14-17,19H2,1H3/t22-/m0/s1. The molecule has 3 aromatic rings. The van der Waals surface area contributed by atoms with E-state index in [1.54, 1.807) is 53.4 Å². The zero-order valence-electron chi connectivity index (χ0n) is 22.5. The van der Waals surface area contributed by atoms with Crippen molar-refractivity contribution < 1.29 is 28.3 Å². The second-order valence-corrected chi connectivity index (χ2v) is 9.77. The molecule has 212 valence electrons. The van der Waals surface area contributed by atoms with Gasteiger partial charge in [0.1, 0.15) is 29.1 Å². The van der Waals surface area contributed by atoms with E-state index in [2.05, 4.69) is 9.97 Å². The number of Topliss-reactive ketones (excluding diaryl/α,β-unsaturated/α-hetero) is 1. The topological polar surface area (TPSA) is 116 Å². The van der Waals surface area contributed by atoms with Gasteiger partial charge in [-0.25, -0.2) is 19.2 Å². The highest BCUT2D eigenvalue weighted by molar-refractivity contribution is 5.97. The Morgan fingerprint density at radius 3 is 2.02 bits per heavy atom. The fraction of sp³-hybridized carbons (Fsp3) is 0.310. The lowest BCUT2D eigenvalue weighted by atomic mass is 10.1. The predicted molar refractivity (Wildman–Crippen MR) is 147 cm³/mol. The molecule has 2 aromatic heterocycles. The van der Waals surface area contributed by atoms with Crippen LogP contribution in [-0.4, -0.2) is 82.5 Å². The third-order valence-electron chi connectivity index (χ3n) is 6.97. The minimum absolute atomic E-state index is 0.00735. The molecule has 0 N–H and O–H groups in total. The fourth-order valence-corrected chi connectivity index (χ4v) is 4.86. The highest BCUT2D eigenvalue weighted by atomic mass is 19.1. The number of pyridine rings is 2. The Morgan fingerprint density at radius 1 is 0.902 bits per heavy atom. The first kappa shape index (κ1) is 27.7. The van der Waals surface area contributed by atoms with Gasteiger partial charge in [0.15, 0.2) is 0 Å². The predicted octanol–water partition coefficient (Wildman–Crippen LogP) is 3.33. The second-order valence-electron chi connectivity index (χ2n) is 9.77. The number of aromatic nitrogens is 2. The largest absolute Gasteiger partial charge is 0.444 e. The van der Waals surface area contributed by atoms with Crippen molar-refractivity contribution in [3.05, 3.63) is 84.2 Å². The second kappa shape index (κ2) is 12.1. The summed E-state index contributed by atoms with van der Waals surface area (Å²) in [5.74, 6) is -1.47. The molecule has 12 heteroatoms. The summed E-state index contributed by atoms with van der Waals surface area (Å²) in [7, 11) is 0. The Bertz CT molecular complexity index is 1380.